The Balaban J connectivity index is 1.34. The van der Waals surface area contributed by atoms with Crippen LogP contribution in [0.3, 0.4) is 0 Å². The summed E-state index contributed by atoms with van der Waals surface area (Å²) >= 11 is 0. The number of unbranched alkanes of at least 4 members (excludes halogenated alkanes) is 33. The largest absolute Gasteiger partial charge is 0.455 e. The van der Waals surface area contributed by atoms with Crippen molar-refractivity contribution in [3.8, 4) is 0 Å². The van der Waals surface area contributed by atoms with Gasteiger partial charge in [0, 0.05) is 6.92 Å². The molecule has 0 radical (unpaired) electrons. The first-order chi connectivity index (χ1) is 43.8. The number of esters is 3. The highest BCUT2D eigenvalue weighted by Crippen LogP contribution is 2.41. The molecule has 1 N–H and O–H groups in total. The van der Waals surface area contributed by atoms with Crippen LogP contribution in [0, 0.1) is 0 Å². The number of hydrogen-bond acceptors (Lipinski definition) is 8. The molecular formula is C80H115NO8. The van der Waals surface area contributed by atoms with Gasteiger partial charge in [0.1, 0.15) is 11.7 Å². The number of carbonyl (C=O) groups excluding carboxylic acids is 4. The number of amides is 1. The van der Waals surface area contributed by atoms with Crippen molar-refractivity contribution >= 4 is 23.8 Å². The topological polar surface area (TPSA) is 117 Å². The van der Waals surface area contributed by atoms with Gasteiger partial charge in [-0.25, -0.2) is 9.59 Å². The monoisotopic (exact) mass is 1220 g/mol. The van der Waals surface area contributed by atoms with Crippen LogP contribution in [0.5, 0.6) is 0 Å². The second-order valence-electron chi connectivity index (χ2n) is 25.1. The molecule has 0 aliphatic heterocycles. The van der Waals surface area contributed by atoms with Gasteiger partial charge >= 0.3 is 17.9 Å². The average molecular weight is 1220 g/mol. The van der Waals surface area contributed by atoms with Gasteiger partial charge in [-0.05, 0) is 66.6 Å². The van der Waals surface area contributed by atoms with E-state index < -0.39 is 53.8 Å². The molecule has 5 aromatic carbocycles. The maximum Gasteiger partial charge on any atom is 0.338 e. The van der Waals surface area contributed by atoms with E-state index in [0.717, 1.165) is 55.2 Å². The van der Waals surface area contributed by atoms with Gasteiger partial charge in [0.05, 0.1) is 23.8 Å². The summed E-state index contributed by atoms with van der Waals surface area (Å²) < 4.78 is 26.7. The quantitative estimate of drug-likeness (QED) is 0.0177. The van der Waals surface area contributed by atoms with Crippen LogP contribution in [0.25, 0.3) is 0 Å². The Labute approximate surface area is 539 Å². The van der Waals surface area contributed by atoms with Crippen LogP contribution in [0.2, 0.25) is 0 Å². The fourth-order valence-corrected chi connectivity index (χ4v) is 12.5. The van der Waals surface area contributed by atoms with E-state index in [4.69, 9.17) is 18.9 Å². The number of rotatable bonds is 52. The van der Waals surface area contributed by atoms with E-state index in [-0.39, 0.29) is 6.61 Å². The number of hydrogen-bond donors (Lipinski definition) is 1. The number of benzene rings is 5. The zero-order valence-corrected chi connectivity index (χ0v) is 55.4. The molecule has 5 rings (SSSR count). The van der Waals surface area contributed by atoms with Crippen LogP contribution >= 0.6 is 0 Å². The van der Waals surface area contributed by atoms with Crippen LogP contribution in [-0.2, 0) is 34.1 Å². The molecule has 0 heterocycles. The first-order valence-electron chi connectivity index (χ1n) is 35.6. The smallest absolute Gasteiger partial charge is 0.338 e. The van der Waals surface area contributed by atoms with Crippen LogP contribution in [-0.4, -0.2) is 54.8 Å². The van der Waals surface area contributed by atoms with E-state index in [2.05, 4.69) is 19.2 Å². The predicted molar refractivity (Wildman–Crippen MR) is 366 cm³/mol. The summed E-state index contributed by atoms with van der Waals surface area (Å²) in [6.45, 7) is 5.65. The highest BCUT2D eigenvalue weighted by Gasteiger charge is 2.43. The van der Waals surface area contributed by atoms with E-state index in [1.54, 1.807) is 48.5 Å². The molecular weight excluding hydrogens is 1100 g/mol. The van der Waals surface area contributed by atoms with Gasteiger partial charge < -0.3 is 24.3 Å². The third kappa shape index (κ3) is 29.6. The molecule has 9 heteroatoms. The Bertz CT molecular complexity index is 2460. The zero-order valence-electron chi connectivity index (χ0n) is 55.4. The van der Waals surface area contributed by atoms with Crippen molar-refractivity contribution in [3.63, 3.8) is 0 Å². The lowest BCUT2D eigenvalue weighted by atomic mass is 9.80. The van der Waals surface area contributed by atoms with E-state index in [0.29, 0.717) is 36.8 Å². The molecule has 0 aromatic heterocycles. The lowest BCUT2D eigenvalue weighted by Gasteiger charge is -2.39. The molecule has 5 aromatic rings. The van der Waals surface area contributed by atoms with Gasteiger partial charge in [0.25, 0.3) is 5.91 Å². The summed E-state index contributed by atoms with van der Waals surface area (Å²) in [5.74, 6) is -2.34. The van der Waals surface area contributed by atoms with E-state index >= 15 is 4.79 Å². The van der Waals surface area contributed by atoms with Gasteiger partial charge in [-0.15, -0.1) is 0 Å². The van der Waals surface area contributed by atoms with Crippen LogP contribution in [0.1, 0.15) is 296 Å². The van der Waals surface area contributed by atoms with Crippen molar-refractivity contribution in [3.05, 3.63) is 179 Å². The van der Waals surface area contributed by atoms with Crippen LogP contribution in [0.15, 0.2) is 152 Å². The van der Waals surface area contributed by atoms with Crippen molar-refractivity contribution in [2.45, 2.75) is 288 Å². The van der Waals surface area contributed by atoms with Crippen LogP contribution in [0.4, 0.5) is 0 Å². The second-order valence-corrected chi connectivity index (χ2v) is 25.1. The standard InChI is InChI=1S/C80H115NO8/c1-4-6-8-10-12-14-16-18-19-20-21-22-23-24-25-26-28-30-32-34-36-53-65-75(87-67(3)82)77(83)81-73(66-86-80(70-58-46-39-47-59-70,71-60-48-40-49-61-71)72-62-50-41-51-63-72)76(89-79(85)69-56-44-38-45-57-69)74(88-78(84)68-54-42-37-43-55-68)64-52-35-33-31-29-27-17-15-13-11-9-7-5-2/h37-51,54-63,73-76H,4-36,52-53,64-66H2,1-3H3,(H,81,83)/t73-,74+,75+,76-/m0/s1. The van der Waals surface area contributed by atoms with Gasteiger partial charge in [-0.1, -0.05) is 353 Å². The molecule has 0 saturated heterocycles. The van der Waals surface area contributed by atoms with Crippen molar-refractivity contribution in [2.24, 2.45) is 0 Å². The van der Waals surface area contributed by atoms with Crippen LogP contribution < -0.4 is 5.32 Å². The van der Waals surface area contributed by atoms with E-state index in [9.17, 15) is 14.4 Å². The van der Waals surface area contributed by atoms with Crippen molar-refractivity contribution in [2.75, 3.05) is 6.61 Å². The average Bonchev–Trinajstić information content (AvgIpc) is 1.25. The summed E-state index contributed by atoms with van der Waals surface area (Å²) in [6, 6.07) is 46.3. The van der Waals surface area contributed by atoms with E-state index in [1.807, 2.05) is 103 Å². The molecule has 1 amide bonds. The van der Waals surface area contributed by atoms with E-state index in [1.165, 1.54) is 180 Å². The number of carbonyl (C=O) groups is 4. The fraction of sp³-hybridized carbons (Fsp3) is 0.575. The molecule has 9 nitrogen and oxygen atoms in total. The molecule has 0 aliphatic rings. The summed E-state index contributed by atoms with van der Waals surface area (Å²) in [4.78, 5) is 57.2. The highest BCUT2D eigenvalue weighted by atomic mass is 16.6. The fourth-order valence-electron chi connectivity index (χ4n) is 12.5. The molecule has 89 heavy (non-hydrogen) atoms. The maximum absolute atomic E-state index is 15.2. The zero-order chi connectivity index (χ0) is 63.1. The Morgan fingerprint density at radius 3 is 0.978 bits per heavy atom. The van der Waals surface area contributed by atoms with Gasteiger partial charge in [0.2, 0.25) is 0 Å². The maximum atomic E-state index is 15.2. The Hall–Kier alpha value is -6.06. The third-order valence-electron chi connectivity index (χ3n) is 17.6. The van der Waals surface area contributed by atoms with Crippen molar-refractivity contribution in [1.29, 1.82) is 0 Å². The SMILES string of the molecule is CCCCCCCCCCCCCCCCCCCCCCCC[C@@H](OC(C)=O)C(=O)N[C@@H](COC(c1ccccc1)(c1ccccc1)c1ccccc1)[C@H](OC(=O)c1ccccc1)[C@@H](CCCCCCCCCCCCCCC)OC(=O)c1ccccc1. The Morgan fingerprint density at radius 1 is 0.360 bits per heavy atom. The van der Waals surface area contributed by atoms with Crippen molar-refractivity contribution < 1.29 is 38.1 Å². The molecule has 0 unspecified atom stereocenters. The second kappa shape index (κ2) is 46.9. The van der Waals surface area contributed by atoms with Gasteiger partial charge in [0.15, 0.2) is 12.2 Å². The lowest BCUT2D eigenvalue weighted by molar-refractivity contribution is -0.155. The van der Waals surface area contributed by atoms with Gasteiger partial charge in [-0.2, -0.15) is 0 Å². The molecule has 0 saturated carbocycles. The van der Waals surface area contributed by atoms with Crippen molar-refractivity contribution in [1.82, 2.24) is 5.32 Å². The Kier molecular flexibility index (Phi) is 38.9. The number of ether oxygens (including phenoxy) is 4. The minimum Gasteiger partial charge on any atom is -0.455 e. The number of nitrogens with one attached hydrogen (secondary N) is 1. The molecule has 488 valence electrons. The minimum absolute atomic E-state index is 0.221. The molecule has 0 bridgehead atoms. The summed E-state index contributed by atoms with van der Waals surface area (Å²) in [5, 5.41) is 3.25. The Morgan fingerprint density at radius 2 is 0.652 bits per heavy atom. The minimum atomic E-state index is -1.27. The summed E-state index contributed by atoms with van der Waals surface area (Å²) in [5.41, 5.74) is 1.91. The normalized spacial score (nSPS) is 12.8. The first-order valence-corrected chi connectivity index (χ1v) is 35.6. The molecule has 0 aliphatic carbocycles. The predicted octanol–water partition coefficient (Wildman–Crippen LogP) is 21.3. The highest BCUT2D eigenvalue weighted by molar-refractivity contribution is 5.90. The molecule has 0 spiro atoms. The molecule has 0 fully saturated rings. The van der Waals surface area contributed by atoms with Gasteiger partial charge in [-0.3, -0.25) is 9.59 Å². The third-order valence-corrected chi connectivity index (χ3v) is 17.6. The lowest BCUT2D eigenvalue weighted by Crippen LogP contribution is -2.57. The first kappa shape index (κ1) is 73.7. The summed E-state index contributed by atoms with van der Waals surface area (Å²) in [6.07, 6.45) is 40.4. The molecule has 4 atom stereocenters. The summed E-state index contributed by atoms with van der Waals surface area (Å²) in [7, 11) is 0.